The Morgan fingerprint density at radius 1 is 1.10 bits per heavy atom. The molecule has 3 rings (SSSR count). The Morgan fingerprint density at radius 3 is 2.67 bits per heavy atom. The number of benzene rings is 2. The van der Waals surface area contributed by atoms with Crippen LogP contribution in [0.5, 0.6) is 0 Å². The van der Waals surface area contributed by atoms with E-state index in [1.807, 2.05) is 24.3 Å². The highest BCUT2D eigenvalue weighted by atomic mass is 35.5. The molecular weight excluding hydrogens is 282 g/mol. The monoisotopic (exact) mass is 299 g/mol. The molecule has 1 aromatic heterocycles. The summed E-state index contributed by atoms with van der Waals surface area (Å²) < 4.78 is 2.26. The van der Waals surface area contributed by atoms with Crippen molar-refractivity contribution in [2.24, 2.45) is 5.73 Å². The smallest absolute Gasteiger partial charge is 0.110 e. The lowest BCUT2D eigenvalue weighted by Gasteiger charge is -2.09. The molecule has 21 heavy (non-hydrogen) atoms. The predicted molar refractivity (Wildman–Crippen MR) is 87.7 cm³/mol. The van der Waals surface area contributed by atoms with Crippen molar-refractivity contribution in [3.8, 4) is 0 Å². The number of fused-ring (bicyclic) bond motifs is 1. The maximum Gasteiger partial charge on any atom is 0.110 e. The van der Waals surface area contributed by atoms with E-state index < -0.39 is 0 Å². The van der Waals surface area contributed by atoms with Gasteiger partial charge >= 0.3 is 0 Å². The van der Waals surface area contributed by atoms with E-state index in [0.29, 0.717) is 6.54 Å². The molecule has 0 bridgehead atoms. The molecule has 0 fully saturated rings. The number of hydrogen-bond donors (Lipinski definition) is 1. The number of aromatic nitrogens is 2. The van der Waals surface area contributed by atoms with Gasteiger partial charge in [0.1, 0.15) is 5.82 Å². The molecular formula is C17H18ClN3. The number of halogens is 1. The Balaban J connectivity index is 2.04. The van der Waals surface area contributed by atoms with Crippen LogP contribution in [0.2, 0.25) is 5.02 Å². The Hall–Kier alpha value is -1.84. The van der Waals surface area contributed by atoms with E-state index in [1.165, 1.54) is 5.56 Å². The number of nitrogens with zero attached hydrogens (tertiary/aromatic N) is 2. The number of hydrogen-bond acceptors (Lipinski definition) is 2. The zero-order valence-electron chi connectivity index (χ0n) is 11.8. The minimum atomic E-state index is 0.676. The predicted octanol–water partition coefficient (Wildman–Crippen LogP) is 3.63. The van der Waals surface area contributed by atoms with Gasteiger partial charge in [-0.15, -0.1) is 0 Å². The van der Waals surface area contributed by atoms with Gasteiger partial charge in [-0.2, -0.15) is 0 Å². The first-order chi connectivity index (χ1) is 10.3. The summed E-state index contributed by atoms with van der Waals surface area (Å²) in [5.41, 5.74) is 8.97. The van der Waals surface area contributed by atoms with Crippen molar-refractivity contribution >= 4 is 22.6 Å². The molecule has 0 atom stereocenters. The molecule has 2 aromatic carbocycles. The molecule has 0 saturated heterocycles. The molecule has 3 nitrogen and oxygen atoms in total. The van der Waals surface area contributed by atoms with E-state index in [-0.39, 0.29) is 0 Å². The third kappa shape index (κ3) is 3.09. The van der Waals surface area contributed by atoms with E-state index in [9.17, 15) is 0 Å². The minimum Gasteiger partial charge on any atom is -0.330 e. The lowest BCUT2D eigenvalue weighted by atomic mass is 10.2. The third-order valence-corrected chi connectivity index (χ3v) is 3.81. The lowest BCUT2D eigenvalue weighted by molar-refractivity contribution is 0.703. The van der Waals surface area contributed by atoms with Crippen molar-refractivity contribution in [3.63, 3.8) is 0 Å². The standard InChI is InChI=1S/C17H18ClN3/c18-14-8-9-16-15(11-14)20-17(7-4-10-19)21(16)12-13-5-2-1-3-6-13/h1-3,5-6,8-9,11H,4,7,10,12,19H2. The van der Waals surface area contributed by atoms with Gasteiger partial charge < -0.3 is 10.3 Å². The van der Waals surface area contributed by atoms with Gasteiger partial charge in [-0.05, 0) is 36.7 Å². The van der Waals surface area contributed by atoms with Gasteiger partial charge in [-0.25, -0.2) is 4.98 Å². The molecule has 0 saturated carbocycles. The molecule has 0 aliphatic carbocycles. The van der Waals surface area contributed by atoms with Crippen LogP contribution in [-0.2, 0) is 13.0 Å². The molecule has 0 spiro atoms. The number of nitrogens with two attached hydrogens (primary N) is 1. The highest BCUT2D eigenvalue weighted by molar-refractivity contribution is 6.31. The summed E-state index contributed by atoms with van der Waals surface area (Å²) in [5, 5.41) is 0.720. The van der Waals surface area contributed by atoms with Gasteiger partial charge in [0, 0.05) is 18.0 Å². The quantitative estimate of drug-likeness (QED) is 0.782. The number of imidazole rings is 1. The third-order valence-electron chi connectivity index (χ3n) is 3.58. The topological polar surface area (TPSA) is 43.8 Å². The summed E-state index contributed by atoms with van der Waals surface area (Å²) >= 11 is 6.08. The van der Waals surface area contributed by atoms with Crippen molar-refractivity contribution in [2.45, 2.75) is 19.4 Å². The average Bonchev–Trinajstić information content (AvgIpc) is 2.83. The molecule has 2 N–H and O–H groups in total. The van der Waals surface area contributed by atoms with Crippen molar-refractivity contribution in [1.29, 1.82) is 0 Å². The summed E-state index contributed by atoms with van der Waals surface area (Å²) in [6.45, 7) is 1.49. The summed E-state index contributed by atoms with van der Waals surface area (Å²) in [6, 6.07) is 16.3. The van der Waals surface area contributed by atoms with Crippen LogP contribution in [0.15, 0.2) is 48.5 Å². The first kappa shape index (κ1) is 14.1. The highest BCUT2D eigenvalue weighted by Gasteiger charge is 2.11. The Bertz CT molecular complexity index is 734. The van der Waals surface area contributed by atoms with E-state index in [1.54, 1.807) is 0 Å². The Labute approximate surface area is 129 Å². The number of aryl methyl sites for hydroxylation is 1. The molecule has 0 aliphatic rings. The zero-order chi connectivity index (χ0) is 14.7. The maximum atomic E-state index is 6.08. The Morgan fingerprint density at radius 2 is 1.90 bits per heavy atom. The van der Waals surface area contributed by atoms with Crippen LogP contribution in [0, 0.1) is 0 Å². The van der Waals surface area contributed by atoms with Crippen LogP contribution in [0.25, 0.3) is 11.0 Å². The molecule has 108 valence electrons. The summed E-state index contributed by atoms with van der Waals surface area (Å²) in [5.74, 6) is 1.07. The number of rotatable bonds is 5. The SMILES string of the molecule is NCCCc1nc2cc(Cl)ccc2n1Cc1ccccc1. The van der Waals surface area contributed by atoms with Crippen LogP contribution < -0.4 is 5.73 Å². The molecule has 0 aliphatic heterocycles. The van der Waals surface area contributed by atoms with E-state index >= 15 is 0 Å². The van der Waals surface area contributed by atoms with Gasteiger partial charge in [-0.1, -0.05) is 41.9 Å². The lowest BCUT2D eigenvalue weighted by Crippen LogP contribution is -2.08. The van der Waals surface area contributed by atoms with Gasteiger partial charge in [0.05, 0.1) is 11.0 Å². The first-order valence-corrected chi connectivity index (χ1v) is 7.54. The highest BCUT2D eigenvalue weighted by Crippen LogP contribution is 2.22. The summed E-state index contributed by atoms with van der Waals surface area (Å²) in [4.78, 5) is 4.73. The molecule has 4 heteroatoms. The van der Waals surface area contributed by atoms with Crippen molar-refractivity contribution in [3.05, 3.63) is 64.9 Å². The minimum absolute atomic E-state index is 0.676. The van der Waals surface area contributed by atoms with Gasteiger partial charge in [-0.3, -0.25) is 0 Å². The second-order valence-corrected chi connectivity index (χ2v) is 5.56. The second kappa shape index (κ2) is 6.29. The van der Waals surface area contributed by atoms with Gasteiger partial charge in [0.2, 0.25) is 0 Å². The second-order valence-electron chi connectivity index (χ2n) is 5.13. The van der Waals surface area contributed by atoms with Crippen LogP contribution in [0.4, 0.5) is 0 Å². The largest absolute Gasteiger partial charge is 0.330 e. The average molecular weight is 300 g/mol. The first-order valence-electron chi connectivity index (χ1n) is 7.16. The van der Waals surface area contributed by atoms with Crippen LogP contribution in [0.1, 0.15) is 17.8 Å². The fourth-order valence-electron chi connectivity index (χ4n) is 2.55. The Kier molecular flexibility index (Phi) is 4.23. The van der Waals surface area contributed by atoms with Crippen molar-refractivity contribution < 1.29 is 0 Å². The zero-order valence-corrected chi connectivity index (χ0v) is 12.6. The summed E-state index contributed by atoms with van der Waals surface area (Å²) in [6.07, 6.45) is 1.82. The van der Waals surface area contributed by atoms with Crippen molar-refractivity contribution in [1.82, 2.24) is 9.55 Å². The maximum absolute atomic E-state index is 6.08. The summed E-state index contributed by atoms with van der Waals surface area (Å²) in [7, 11) is 0. The van der Waals surface area contributed by atoms with Gasteiger partial charge in [0.25, 0.3) is 0 Å². The molecule has 0 unspecified atom stereocenters. The van der Waals surface area contributed by atoms with Gasteiger partial charge in [0.15, 0.2) is 0 Å². The fraction of sp³-hybridized carbons (Fsp3) is 0.235. The molecule has 1 heterocycles. The van der Waals surface area contributed by atoms with Crippen LogP contribution in [-0.4, -0.2) is 16.1 Å². The van der Waals surface area contributed by atoms with Crippen molar-refractivity contribution in [2.75, 3.05) is 6.54 Å². The van der Waals surface area contributed by atoms with E-state index in [2.05, 4.69) is 28.8 Å². The van der Waals surface area contributed by atoms with E-state index in [4.69, 9.17) is 22.3 Å². The fourth-order valence-corrected chi connectivity index (χ4v) is 2.71. The normalized spacial score (nSPS) is 11.1. The van der Waals surface area contributed by atoms with Crippen LogP contribution >= 0.6 is 11.6 Å². The molecule has 0 radical (unpaired) electrons. The molecule has 3 aromatic rings. The molecule has 0 amide bonds. The van der Waals surface area contributed by atoms with Crippen LogP contribution in [0.3, 0.4) is 0 Å². The van der Waals surface area contributed by atoms with E-state index in [0.717, 1.165) is 41.3 Å².